The van der Waals surface area contributed by atoms with Crippen LogP contribution in [0.25, 0.3) is 0 Å². The molecule has 34 heavy (non-hydrogen) atoms. The lowest BCUT2D eigenvalue weighted by Crippen LogP contribution is -2.36. The Hall–Kier alpha value is -2.77. The van der Waals surface area contributed by atoms with Crippen LogP contribution in [0, 0.1) is 10.8 Å². The van der Waals surface area contributed by atoms with Gasteiger partial charge in [0.1, 0.15) is 0 Å². The fourth-order valence-corrected chi connectivity index (χ4v) is 7.41. The van der Waals surface area contributed by atoms with E-state index in [4.69, 9.17) is 0 Å². The molecule has 0 heterocycles. The maximum atomic E-state index is 14.6. The molecule has 3 rings (SSSR count). The zero-order valence-corrected chi connectivity index (χ0v) is 21.6. The first-order chi connectivity index (χ1) is 16.1. The minimum absolute atomic E-state index is 0.338. The zero-order chi connectivity index (χ0) is 24.8. The molecule has 178 valence electrons. The van der Waals surface area contributed by atoms with Gasteiger partial charge in [0.25, 0.3) is 0 Å². The summed E-state index contributed by atoms with van der Waals surface area (Å²) in [5, 5.41) is 0.338. The highest BCUT2D eigenvalue weighted by atomic mass is 31.2. The molecule has 3 aromatic rings. The van der Waals surface area contributed by atoms with Gasteiger partial charge in [-0.1, -0.05) is 119 Å². The average Bonchev–Trinajstić information content (AvgIpc) is 2.86. The van der Waals surface area contributed by atoms with Crippen molar-refractivity contribution >= 4 is 23.5 Å². The molecule has 0 aliphatic carbocycles. The van der Waals surface area contributed by atoms with E-state index >= 15 is 0 Å². The number of rotatable bonds is 11. The molecule has 3 nitrogen and oxygen atoms in total. The maximum Gasteiger partial charge on any atom is 0.240 e. The van der Waals surface area contributed by atoms with Crippen LogP contribution in [-0.2, 0) is 27.0 Å². The van der Waals surface area contributed by atoms with Crippen molar-refractivity contribution in [2.24, 2.45) is 10.8 Å². The molecule has 0 N–H and O–H groups in total. The molecule has 0 unspecified atom stereocenters. The first-order valence-corrected chi connectivity index (χ1v) is 13.6. The number of hydrogen-bond donors (Lipinski definition) is 0. The van der Waals surface area contributed by atoms with E-state index in [-0.39, 0.29) is 0 Å². The SMILES string of the molecule is CC(C)(CCc1ccccc1)C(=O)P(=O)(C(=O)C(C)(C)CCc1ccccc1)c1ccccc1. The monoisotopic (exact) mass is 474 g/mol. The summed E-state index contributed by atoms with van der Waals surface area (Å²) in [6.07, 6.45) is 2.40. The Morgan fingerprint density at radius 1 is 0.588 bits per heavy atom. The lowest BCUT2D eigenvalue weighted by molar-refractivity contribution is -0.123. The van der Waals surface area contributed by atoms with E-state index < -0.39 is 29.0 Å². The molecule has 3 aromatic carbocycles. The van der Waals surface area contributed by atoms with Gasteiger partial charge in [0.15, 0.2) is 0 Å². The Morgan fingerprint density at radius 2 is 0.912 bits per heavy atom. The minimum atomic E-state index is -4.02. The van der Waals surface area contributed by atoms with Gasteiger partial charge in [-0.05, 0) is 36.8 Å². The summed E-state index contributed by atoms with van der Waals surface area (Å²) in [5.41, 5.74) is -0.474. The average molecular weight is 475 g/mol. The molecule has 0 aliphatic rings. The molecular weight excluding hydrogens is 439 g/mol. The van der Waals surface area contributed by atoms with Crippen LogP contribution in [0.2, 0.25) is 0 Å². The van der Waals surface area contributed by atoms with E-state index in [1.807, 2.05) is 94.4 Å². The smallest absolute Gasteiger partial charge is 0.240 e. The van der Waals surface area contributed by atoms with Crippen molar-refractivity contribution in [1.82, 2.24) is 0 Å². The largest absolute Gasteiger partial charge is 0.302 e. The fraction of sp³-hybridized carbons (Fsp3) is 0.333. The molecule has 0 radical (unpaired) electrons. The number of benzene rings is 3. The van der Waals surface area contributed by atoms with Crippen molar-refractivity contribution in [3.8, 4) is 0 Å². The number of aryl methyl sites for hydroxylation is 2. The highest BCUT2D eigenvalue weighted by molar-refractivity contribution is 8.00. The Kier molecular flexibility index (Phi) is 8.10. The summed E-state index contributed by atoms with van der Waals surface area (Å²) in [7, 11) is -4.02. The number of carbonyl (C=O) groups excluding carboxylic acids is 2. The van der Waals surface area contributed by atoms with Crippen molar-refractivity contribution in [2.75, 3.05) is 0 Å². The van der Waals surface area contributed by atoms with Crippen LogP contribution < -0.4 is 5.30 Å². The molecule has 0 amide bonds. The van der Waals surface area contributed by atoms with Crippen molar-refractivity contribution in [1.29, 1.82) is 0 Å². The van der Waals surface area contributed by atoms with Crippen LogP contribution in [0.4, 0.5) is 0 Å². The van der Waals surface area contributed by atoms with Gasteiger partial charge < -0.3 is 4.57 Å². The standard InChI is InChI=1S/C30H35O3P/c1-29(2,22-20-24-14-8-5-9-15-24)27(31)34(33,26-18-12-7-13-19-26)28(32)30(3,4)23-21-25-16-10-6-11-17-25/h5-19H,20-23H2,1-4H3. The van der Waals surface area contributed by atoms with E-state index in [2.05, 4.69) is 0 Å². The minimum Gasteiger partial charge on any atom is -0.302 e. The van der Waals surface area contributed by atoms with Gasteiger partial charge in [-0.25, -0.2) is 0 Å². The molecule has 0 atom stereocenters. The maximum absolute atomic E-state index is 14.6. The summed E-state index contributed by atoms with van der Waals surface area (Å²) in [6, 6.07) is 28.5. The molecule has 0 saturated carbocycles. The van der Waals surface area contributed by atoms with Crippen molar-refractivity contribution in [2.45, 2.75) is 53.4 Å². The van der Waals surface area contributed by atoms with Crippen LogP contribution in [0.15, 0.2) is 91.0 Å². The molecule has 0 saturated heterocycles. The molecule has 0 spiro atoms. The van der Waals surface area contributed by atoms with E-state index in [0.29, 0.717) is 31.0 Å². The second kappa shape index (κ2) is 10.7. The van der Waals surface area contributed by atoms with E-state index in [9.17, 15) is 14.2 Å². The van der Waals surface area contributed by atoms with Crippen molar-refractivity contribution in [3.05, 3.63) is 102 Å². The first kappa shape index (κ1) is 25.8. The Balaban J connectivity index is 1.91. The van der Waals surface area contributed by atoms with E-state index in [1.54, 1.807) is 24.3 Å². The second-order valence-electron chi connectivity index (χ2n) is 10.3. The number of carbonyl (C=O) groups is 2. The third kappa shape index (κ3) is 5.83. The predicted octanol–water partition coefficient (Wildman–Crippen LogP) is 7.05. The Bertz CT molecular complexity index is 1080. The summed E-state index contributed by atoms with van der Waals surface area (Å²) in [6.45, 7) is 7.27. The van der Waals surface area contributed by atoms with Crippen LogP contribution in [0.5, 0.6) is 0 Å². The van der Waals surface area contributed by atoms with Gasteiger partial charge >= 0.3 is 0 Å². The molecule has 4 heteroatoms. The first-order valence-electron chi connectivity index (χ1n) is 11.9. The van der Waals surface area contributed by atoms with Crippen molar-refractivity contribution in [3.63, 3.8) is 0 Å². The lowest BCUT2D eigenvalue weighted by atomic mass is 9.87. The van der Waals surface area contributed by atoms with Crippen LogP contribution in [-0.4, -0.2) is 11.0 Å². The molecule has 0 fully saturated rings. The topological polar surface area (TPSA) is 51.2 Å². The summed E-state index contributed by atoms with van der Waals surface area (Å²) >= 11 is 0. The molecule has 0 bridgehead atoms. The summed E-state index contributed by atoms with van der Waals surface area (Å²) in [4.78, 5) is 28.0. The highest BCUT2D eigenvalue weighted by Gasteiger charge is 2.52. The highest BCUT2D eigenvalue weighted by Crippen LogP contribution is 2.57. The molecule has 0 aliphatic heterocycles. The third-order valence-corrected chi connectivity index (χ3v) is 9.99. The van der Waals surface area contributed by atoms with Crippen molar-refractivity contribution < 1.29 is 14.2 Å². The van der Waals surface area contributed by atoms with Gasteiger partial charge in [0, 0.05) is 16.1 Å². The normalized spacial score (nSPS) is 12.4. The Labute approximate surface area is 204 Å². The third-order valence-electron chi connectivity index (χ3n) is 6.61. The second-order valence-corrected chi connectivity index (χ2v) is 12.8. The van der Waals surface area contributed by atoms with Gasteiger partial charge in [0.2, 0.25) is 18.2 Å². The van der Waals surface area contributed by atoms with E-state index in [0.717, 1.165) is 11.1 Å². The zero-order valence-electron chi connectivity index (χ0n) is 20.7. The molecular formula is C30H35O3P. The number of hydrogen-bond acceptors (Lipinski definition) is 3. The summed E-state index contributed by atoms with van der Waals surface area (Å²) < 4.78 is 14.6. The Morgan fingerprint density at radius 3 is 1.26 bits per heavy atom. The predicted molar refractivity (Wildman–Crippen MR) is 141 cm³/mol. The van der Waals surface area contributed by atoms with Crippen LogP contribution in [0.1, 0.15) is 51.7 Å². The van der Waals surface area contributed by atoms with E-state index in [1.165, 1.54) is 0 Å². The lowest BCUT2D eigenvalue weighted by Gasteiger charge is -2.33. The van der Waals surface area contributed by atoms with Gasteiger partial charge in [-0.2, -0.15) is 0 Å². The molecule has 0 aromatic heterocycles. The van der Waals surface area contributed by atoms with Gasteiger partial charge in [-0.15, -0.1) is 0 Å². The van der Waals surface area contributed by atoms with Gasteiger partial charge in [-0.3, -0.25) is 9.59 Å². The fourth-order valence-electron chi connectivity index (χ4n) is 4.23. The quantitative estimate of drug-likeness (QED) is 0.280. The van der Waals surface area contributed by atoms with Crippen LogP contribution in [0.3, 0.4) is 0 Å². The van der Waals surface area contributed by atoms with Gasteiger partial charge in [0.05, 0.1) is 0 Å². The summed E-state index contributed by atoms with van der Waals surface area (Å²) in [5.74, 6) is 0. The van der Waals surface area contributed by atoms with Crippen LogP contribution >= 0.6 is 7.14 Å².